The van der Waals surface area contributed by atoms with Gasteiger partial charge in [-0.3, -0.25) is 9.78 Å². The van der Waals surface area contributed by atoms with E-state index in [9.17, 15) is 4.79 Å². The Bertz CT molecular complexity index is 594. The van der Waals surface area contributed by atoms with Gasteiger partial charge in [-0.15, -0.1) is 0 Å². The number of hydrogen-bond acceptors (Lipinski definition) is 2. The molecule has 1 aromatic carbocycles. The second-order valence-electron chi connectivity index (χ2n) is 4.52. The molecule has 0 radical (unpaired) electrons. The third kappa shape index (κ3) is 2.01. The second kappa shape index (κ2) is 4.69. The highest BCUT2D eigenvalue weighted by Gasteiger charge is 2.26. The number of likely N-dealkylation sites (tertiary alicyclic amines) is 1. The summed E-state index contributed by atoms with van der Waals surface area (Å²) in [6.45, 7) is 1.60. The number of halogens is 1. The Morgan fingerprint density at radius 3 is 2.94 bits per heavy atom. The first-order valence-corrected chi connectivity index (χ1v) is 6.94. The van der Waals surface area contributed by atoms with E-state index in [0.717, 1.165) is 30.4 Å². The number of nitrogens with zero attached hydrogens (tertiary/aromatic N) is 2. The maximum atomic E-state index is 12.5. The molecule has 3 nitrogen and oxygen atoms in total. The summed E-state index contributed by atoms with van der Waals surface area (Å²) in [5.41, 5.74) is 1.50. The van der Waals surface area contributed by atoms with Gasteiger partial charge in [-0.25, -0.2) is 0 Å². The third-order valence-corrected chi connectivity index (χ3v) is 4.03. The molecule has 0 saturated carbocycles. The topological polar surface area (TPSA) is 33.2 Å². The van der Waals surface area contributed by atoms with Crippen LogP contribution in [0.25, 0.3) is 10.9 Å². The molecule has 2 heterocycles. The number of aromatic nitrogens is 1. The summed E-state index contributed by atoms with van der Waals surface area (Å²) in [4.78, 5) is 19.1. The summed E-state index contributed by atoms with van der Waals surface area (Å²) < 4.78 is 0. The average Bonchev–Trinajstić information content (AvgIpc) is 2.84. The SMILES string of the molecule is O=C(c1cccc2cccnc12)N1CCC(Br)C1. The lowest BCUT2D eigenvalue weighted by Gasteiger charge is -2.16. The number of carbonyl (C=O) groups excluding carboxylic acids is 1. The normalized spacial score (nSPS) is 19.4. The van der Waals surface area contributed by atoms with Crippen molar-refractivity contribution in [1.82, 2.24) is 9.88 Å². The Morgan fingerprint density at radius 1 is 1.33 bits per heavy atom. The lowest BCUT2D eigenvalue weighted by molar-refractivity contribution is 0.0795. The second-order valence-corrected chi connectivity index (χ2v) is 5.81. The van der Waals surface area contributed by atoms with Crippen molar-refractivity contribution in [2.75, 3.05) is 13.1 Å². The fourth-order valence-corrected chi connectivity index (χ4v) is 2.90. The van der Waals surface area contributed by atoms with Crippen LogP contribution >= 0.6 is 15.9 Å². The number of benzene rings is 1. The number of hydrogen-bond donors (Lipinski definition) is 0. The van der Waals surface area contributed by atoms with Crippen LogP contribution in [0.3, 0.4) is 0 Å². The minimum absolute atomic E-state index is 0.0845. The molecular formula is C14H13BrN2O. The van der Waals surface area contributed by atoms with Crippen LogP contribution in [0.5, 0.6) is 0 Å². The van der Waals surface area contributed by atoms with Crippen LogP contribution in [0.4, 0.5) is 0 Å². The van der Waals surface area contributed by atoms with E-state index in [1.54, 1.807) is 6.20 Å². The molecule has 0 bridgehead atoms. The van der Waals surface area contributed by atoms with E-state index in [0.29, 0.717) is 10.4 Å². The molecule has 0 spiro atoms. The molecule has 0 aliphatic carbocycles. The Balaban J connectivity index is 2.01. The van der Waals surface area contributed by atoms with Crippen molar-refractivity contribution < 1.29 is 4.79 Å². The molecule has 0 N–H and O–H groups in total. The number of amides is 1. The van der Waals surface area contributed by atoms with E-state index in [4.69, 9.17) is 0 Å². The van der Waals surface area contributed by atoms with Crippen molar-refractivity contribution in [2.24, 2.45) is 0 Å². The van der Waals surface area contributed by atoms with Crippen LogP contribution in [0.2, 0.25) is 0 Å². The quantitative estimate of drug-likeness (QED) is 0.759. The maximum Gasteiger partial charge on any atom is 0.256 e. The Kier molecular flexibility index (Phi) is 3.04. The number of carbonyl (C=O) groups is 1. The molecule has 2 aromatic rings. The van der Waals surface area contributed by atoms with Crippen molar-refractivity contribution in [3.8, 4) is 0 Å². The van der Waals surface area contributed by atoms with Crippen LogP contribution in [-0.4, -0.2) is 33.7 Å². The molecule has 4 heteroatoms. The van der Waals surface area contributed by atoms with Crippen LogP contribution in [0, 0.1) is 0 Å². The van der Waals surface area contributed by atoms with E-state index < -0.39 is 0 Å². The summed E-state index contributed by atoms with van der Waals surface area (Å²) in [6, 6.07) is 9.63. The van der Waals surface area contributed by atoms with E-state index in [1.165, 1.54) is 0 Å². The van der Waals surface area contributed by atoms with Gasteiger partial charge < -0.3 is 4.90 Å². The molecular weight excluding hydrogens is 292 g/mol. The van der Waals surface area contributed by atoms with Gasteiger partial charge in [-0.1, -0.05) is 34.1 Å². The molecule has 3 rings (SSSR count). The minimum Gasteiger partial charge on any atom is -0.337 e. The summed E-state index contributed by atoms with van der Waals surface area (Å²) in [5.74, 6) is 0.0845. The molecule has 1 saturated heterocycles. The highest BCUT2D eigenvalue weighted by atomic mass is 79.9. The van der Waals surface area contributed by atoms with Gasteiger partial charge in [0.05, 0.1) is 11.1 Å². The van der Waals surface area contributed by atoms with E-state index in [1.807, 2.05) is 35.2 Å². The maximum absolute atomic E-state index is 12.5. The molecule has 1 unspecified atom stereocenters. The summed E-state index contributed by atoms with van der Waals surface area (Å²) in [5, 5.41) is 1.01. The van der Waals surface area contributed by atoms with Crippen molar-refractivity contribution in [3.63, 3.8) is 0 Å². The van der Waals surface area contributed by atoms with Gasteiger partial charge in [0.2, 0.25) is 0 Å². The number of para-hydroxylation sites is 1. The third-order valence-electron chi connectivity index (χ3n) is 3.28. The fraction of sp³-hybridized carbons (Fsp3) is 0.286. The monoisotopic (exact) mass is 304 g/mol. The highest BCUT2D eigenvalue weighted by molar-refractivity contribution is 9.09. The molecule has 18 heavy (non-hydrogen) atoms. The highest BCUT2D eigenvalue weighted by Crippen LogP contribution is 2.22. The minimum atomic E-state index is 0.0845. The van der Waals surface area contributed by atoms with Gasteiger partial charge in [-0.05, 0) is 18.6 Å². The predicted molar refractivity (Wildman–Crippen MR) is 75.0 cm³/mol. The van der Waals surface area contributed by atoms with Crippen molar-refractivity contribution >= 4 is 32.7 Å². The van der Waals surface area contributed by atoms with Gasteiger partial charge in [0.25, 0.3) is 5.91 Å². The van der Waals surface area contributed by atoms with Crippen molar-refractivity contribution in [1.29, 1.82) is 0 Å². The Morgan fingerprint density at radius 2 is 2.17 bits per heavy atom. The van der Waals surface area contributed by atoms with Gasteiger partial charge in [0.15, 0.2) is 0 Å². The Labute approximate surface area is 114 Å². The van der Waals surface area contributed by atoms with Gasteiger partial charge >= 0.3 is 0 Å². The van der Waals surface area contributed by atoms with Gasteiger partial charge in [0, 0.05) is 29.5 Å². The Hall–Kier alpha value is -1.42. The predicted octanol–water partition coefficient (Wildman–Crippen LogP) is 2.84. The number of pyridine rings is 1. The molecule has 1 aromatic heterocycles. The molecule has 1 aliphatic heterocycles. The summed E-state index contributed by atoms with van der Waals surface area (Å²) in [7, 11) is 0. The lowest BCUT2D eigenvalue weighted by atomic mass is 10.1. The van der Waals surface area contributed by atoms with Crippen molar-refractivity contribution in [2.45, 2.75) is 11.2 Å². The van der Waals surface area contributed by atoms with Crippen molar-refractivity contribution in [3.05, 3.63) is 42.1 Å². The molecule has 1 aliphatic rings. The summed E-state index contributed by atoms with van der Waals surface area (Å²) >= 11 is 3.56. The smallest absolute Gasteiger partial charge is 0.256 e. The van der Waals surface area contributed by atoms with E-state index in [2.05, 4.69) is 20.9 Å². The molecule has 1 atom stereocenters. The molecule has 1 fully saturated rings. The number of fused-ring (bicyclic) bond motifs is 1. The largest absolute Gasteiger partial charge is 0.337 e. The zero-order chi connectivity index (χ0) is 12.5. The first kappa shape index (κ1) is 11.7. The number of alkyl halides is 1. The lowest BCUT2D eigenvalue weighted by Crippen LogP contribution is -2.29. The van der Waals surface area contributed by atoms with Gasteiger partial charge in [0.1, 0.15) is 0 Å². The first-order valence-electron chi connectivity index (χ1n) is 6.03. The van der Waals surface area contributed by atoms with E-state index >= 15 is 0 Å². The zero-order valence-corrected chi connectivity index (χ0v) is 11.4. The molecule has 1 amide bonds. The molecule has 92 valence electrons. The van der Waals surface area contributed by atoms with Crippen LogP contribution in [0.1, 0.15) is 16.8 Å². The first-order chi connectivity index (χ1) is 8.75. The standard InChI is InChI=1S/C14H13BrN2O/c15-11-6-8-17(9-11)14(18)12-5-1-3-10-4-2-7-16-13(10)12/h1-5,7,11H,6,8-9H2. The van der Waals surface area contributed by atoms with Gasteiger partial charge in [-0.2, -0.15) is 0 Å². The van der Waals surface area contributed by atoms with E-state index in [-0.39, 0.29) is 5.91 Å². The number of rotatable bonds is 1. The van der Waals surface area contributed by atoms with Crippen LogP contribution in [0.15, 0.2) is 36.5 Å². The van der Waals surface area contributed by atoms with Crippen LogP contribution < -0.4 is 0 Å². The average molecular weight is 305 g/mol. The fourth-order valence-electron chi connectivity index (χ4n) is 2.35. The zero-order valence-electron chi connectivity index (χ0n) is 9.84. The van der Waals surface area contributed by atoms with Crippen LogP contribution in [-0.2, 0) is 0 Å². The summed E-state index contributed by atoms with van der Waals surface area (Å²) in [6.07, 6.45) is 2.75.